The maximum atomic E-state index is 17.8. The molecule has 1 saturated carbocycles. The molecule has 10 nitrogen and oxygen atoms in total. The number of rotatable bonds is 13. The average Bonchev–Trinajstić information content (AvgIpc) is 3.52. The summed E-state index contributed by atoms with van der Waals surface area (Å²) in [6.45, 7) is 3.83. The van der Waals surface area contributed by atoms with Gasteiger partial charge in [-0.2, -0.15) is 15.1 Å². The predicted molar refractivity (Wildman–Crippen MR) is 204 cm³/mol. The van der Waals surface area contributed by atoms with Gasteiger partial charge in [0.15, 0.2) is 5.82 Å². The van der Waals surface area contributed by atoms with Crippen molar-refractivity contribution >= 4 is 38.4 Å². The van der Waals surface area contributed by atoms with Gasteiger partial charge in [0, 0.05) is 87.0 Å². The number of ether oxygens (including phenoxy) is 2. The molecule has 0 spiro atoms. The van der Waals surface area contributed by atoms with Gasteiger partial charge < -0.3 is 24.4 Å². The van der Waals surface area contributed by atoms with Crippen molar-refractivity contribution in [3.63, 3.8) is 0 Å². The Morgan fingerprint density at radius 1 is 1.09 bits per heavy atom. The number of phenols is 1. The highest BCUT2D eigenvalue weighted by atomic mass is 19.1. The Hall–Kier alpha value is -4.64. The maximum absolute atomic E-state index is 17.8. The molecular formula is C41H46F3N7O3. The number of fused-ring (bicyclic) bond motifs is 6. The molecule has 2 unspecified atom stereocenters. The van der Waals surface area contributed by atoms with E-state index in [0.717, 1.165) is 45.3 Å². The fourth-order valence-corrected chi connectivity index (χ4v) is 9.35. The Bertz CT molecular complexity index is 2280. The smallest absolute Gasteiger partial charge is 0.319 e. The van der Waals surface area contributed by atoms with Crippen LogP contribution >= 0.6 is 0 Å². The zero-order valence-corrected chi connectivity index (χ0v) is 31.2. The second kappa shape index (κ2) is 14.2. The van der Waals surface area contributed by atoms with Gasteiger partial charge in [-0.15, -0.1) is 6.42 Å². The van der Waals surface area contributed by atoms with Gasteiger partial charge in [-0.05, 0) is 81.3 Å². The molecule has 2 bridgehead atoms. The molecule has 54 heavy (non-hydrogen) atoms. The van der Waals surface area contributed by atoms with E-state index in [1.165, 1.54) is 24.3 Å². The van der Waals surface area contributed by atoms with Crippen molar-refractivity contribution in [2.75, 3.05) is 72.2 Å². The van der Waals surface area contributed by atoms with E-state index in [1.807, 2.05) is 20.3 Å². The van der Waals surface area contributed by atoms with Gasteiger partial charge in [0.1, 0.15) is 28.4 Å². The van der Waals surface area contributed by atoms with Crippen LogP contribution in [0, 0.1) is 35.3 Å². The monoisotopic (exact) mass is 741 g/mol. The van der Waals surface area contributed by atoms with E-state index in [9.17, 15) is 9.50 Å². The van der Waals surface area contributed by atoms with Crippen LogP contribution in [0.15, 0.2) is 30.5 Å². The summed E-state index contributed by atoms with van der Waals surface area (Å²) in [5.41, 5.74) is 0.260. The number of alkyl halides is 1. The first-order chi connectivity index (χ1) is 26.0. The molecular weight excluding hydrogens is 695 g/mol. The molecule has 0 amide bonds. The molecule has 4 heterocycles. The molecule has 2 aromatic heterocycles. The van der Waals surface area contributed by atoms with Crippen LogP contribution in [0.25, 0.3) is 43.7 Å². The van der Waals surface area contributed by atoms with Crippen molar-refractivity contribution in [3.8, 4) is 35.2 Å². The van der Waals surface area contributed by atoms with E-state index in [-0.39, 0.29) is 69.4 Å². The van der Waals surface area contributed by atoms with E-state index in [2.05, 4.69) is 20.6 Å². The number of benzene rings is 3. The van der Waals surface area contributed by atoms with Gasteiger partial charge in [-0.3, -0.25) is 14.0 Å². The third-order valence-electron chi connectivity index (χ3n) is 11.7. The van der Waals surface area contributed by atoms with Gasteiger partial charge in [0.25, 0.3) is 0 Å². The Labute approximate surface area is 312 Å². The zero-order valence-electron chi connectivity index (χ0n) is 31.2. The van der Waals surface area contributed by atoms with Crippen molar-refractivity contribution in [2.24, 2.45) is 18.4 Å². The normalized spacial score (nSPS) is 22.6. The molecule has 8 rings (SSSR count). The minimum atomic E-state index is -0.709. The SMILES string of the molecule is C#Cc1c(F)ccc2cc(O)cc(-c3c(F)c4nc(OC[C@]5(CN(C)C)C[C@H]5CCF)nc(N5C6CCC5CN(CCCOC)C6)c4c4cn(C)nc34)c12. The lowest BCUT2D eigenvalue weighted by Crippen LogP contribution is -2.54. The summed E-state index contributed by atoms with van der Waals surface area (Å²) in [6, 6.07) is 5.91. The first kappa shape index (κ1) is 36.3. The van der Waals surface area contributed by atoms with Crippen LogP contribution < -0.4 is 9.64 Å². The van der Waals surface area contributed by atoms with E-state index < -0.39 is 18.3 Å². The molecule has 1 N–H and O–H groups in total. The number of aryl methyl sites for hydroxylation is 1. The summed E-state index contributed by atoms with van der Waals surface area (Å²) in [4.78, 5) is 16.8. The average molecular weight is 742 g/mol. The number of methoxy groups -OCH3 is 1. The maximum Gasteiger partial charge on any atom is 0.319 e. The number of piperazine rings is 1. The molecule has 0 radical (unpaired) electrons. The summed E-state index contributed by atoms with van der Waals surface area (Å²) in [7, 11) is 7.45. The van der Waals surface area contributed by atoms with E-state index in [1.54, 1.807) is 18.8 Å². The summed E-state index contributed by atoms with van der Waals surface area (Å²) in [5.74, 6) is 1.70. The molecule has 2 saturated heterocycles. The van der Waals surface area contributed by atoms with Gasteiger partial charge in [0.05, 0.1) is 24.2 Å². The number of hydrogen-bond acceptors (Lipinski definition) is 9. The van der Waals surface area contributed by atoms with Gasteiger partial charge >= 0.3 is 6.01 Å². The predicted octanol–water partition coefficient (Wildman–Crippen LogP) is 6.30. The second-order valence-corrected chi connectivity index (χ2v) is 15.6. The molecule has 3 fully saturated rings. The summed E-state index contributed by atoms with van der Waals surface area (Å²) >= 11 is 0. The molecule has 4 atom stereocenters. The van der Waals surface area contributed by atoms with E-state index in [4.69, 9.17) is 31.0 Å². The van der Waals surface area contributed by atoms with Crippen molar-refractivity contribution < 1.29 is 27.8 Å². The van der Waals surface area contributed by atoms with Gasteiger partial charge in [0.2, 0.25) is 0 Å². The first-order valence-corrected chi connectivity index (χ1v) is 18.7. The molecule has 1 aliphatic carbocycles. The zero-order chi connectivity index (χ0) is 37.9. The van der Waals surface area contributed by atoms with Crippen LogP contribution in [0.4, 0.5) is 19.0 Å². The minimum Gasteiger partial charge on any atom is -0.508 e. The fourth-order valence-electron chi connectivity index (χ4n) is 9.35. The number of halogens is 3. The fraction of sp³-hybridized carbons (Fsp3) is 0.488. The van der Waals surface area contributed by atoms with E-state index in [0.29, 0.717) is 47.1 Å². The number of nitrogens with zero attached hydrogens (tertiary/aromatic N) is 7. The summed E-state index contributed by atoms with van der Waals surface area (Å²) in [5, 5.41) is 17.5. The van der Waals surface area contributed by atoms with E-state index >= 15 is 8.78 Å². The molecule has 13 heteroatoms. The number of likely N-dealkylation sites (tertiary alicyclic amines) is 1. The lowest BCUT2D eigenvalue weighted by atomic mass is 9.91. The number of terminal acetylenes is 1. The van der Waals surface area contributed by atoms with Crippen LogP contribution in [0.5, 0.6) is 11.8 Å². The first-order valence-electron chi connectivity index (χ1n) is 18.7. The number of hydrogen-bond donors (Lipinski definition) is 1. The molecule has 5 aromatic rings. The van der Waals surface area contributed by atoms with Crippen LogP contribution in [0.2, 0.25) is 0 Å². The summed E-state index contributed by atoms with van der Waals surface area (Å²) in [6.07, 6.45) is 11.8. The highest BCUT2D eigenvalue weighted by Gasteiger charge is 2.54. The number of aromatic hydroxyl groups is 1. The van der Waals surface area contributed by atoms with Crippen LogP contribution in [0.1, 0.15) is 37.7 Å². The van der Waals surface area contributed by atoms with Crippen LogP contribution in [0.3, 0.4) is 0 Å². The number of phenolic OH excluding ortho intramolecular Hbond substituents is 1. The van der Waals surface area contributed by atoms with Crippen LogP contribution in [-0.4, -0.2) is 114 Å². The lowest BCUT2D eigenvalue weighted by molar-refractivity contribution is 0.158. The Morgan fingerprint density at radius 3 is 2.57 bits per heavy atom. The van der Waals surface area contributed by atoms with Crippen molar-refractivity contribution in [2.45, 2.75) is 44.2 Å². The third kappa shape index (κ3) is 6.28. The Balaban J connectivity index is 1.34. The molecule has 2 aliphatic heterocycles. The largest absolute Gasteiger partial charge is 0.508 e. The standard InChI is InChI=1S/C41H46F3N7O3/c1-6-29-32(43)11-8-24-16-28(52)17-30(33(24)29)34-36(44)38-35(31-21-49(4)47-37(31)34)39(51-26-9-10-27(51)20-50(19-26)14-7-15-53-5)46-40(45-38)54-23-41(22-48(2)3)18-25(41)12-13-42/h1,8,11,16-17,21,25-27,52H,7,9-10,12-15,18-20,22-23H2,2-5H3/t25-,26?,27?,41-/m1/s1. The van der Waals surface area contributed by atoms with Gasteiger partial charge in [-0.1, -0.05) is 12.0 Å². The molecule has 3 aliphatic rings. The highest BCUT2D eigenvalue weighted by molar-refractivity contribution is 6.18. The molecule has 3 aromatic carbocycles. The minimum absolute atomic E-state index is 0.0281. The van der Waals surface area contributed by atoms with Crippen molar-refractivity contribution in [1.82, 2.24) is 29.5 Å². The number of aromatic nitrogens is 4. The highest BCUT2D eigenvalue weighted by Crippen LogP contribution is 2.55. The van der Waals surface area contributed by atoms with Crippen molar-refractivity contribution in [3.05, 3.63) is 47.7 Å². The third-order valence-corrected chi connectivity index (χ3v) is 11.7. The van der Waals surface area contributed by atoms with Gasteiger partial charge in [-0.25, -0.2) is 8.78 Å². The van der Waals surface area contributed by atoms with Crippen LogP contribution in [-0.2, 0) is 11.8 Å². The van der Waals surface area contributed by atoms with Crippen molar-refractivity contribution in [1.29, 1.82) is 0 Å². The Morgan fingerprint density at radius 2 is 1.87 bits per heavy atom. The summed E-state index contributed by atoms with van der Waals surface area (Å²) < 4.78 is 59.9. The second-order valence-electron chi connectivity index (χ2n) is 15.6. The molecule has 284 valence electrons. The topological polar surface area (TPSA) is 92.0 Å². The Kier molecular flexibility index (Phi) is 9.57. The quantitative estimate of drug-likeness (QED) is 0.110. The lowest BCUT2D eigenvalue weighted by Gasteiger charge is -2.42. The number of anilines is 1.